The second-order valence-corrected chi connectivity index (χ2v) is 19.1. The zero-order valence-electron chi connectivity index (χ0n) is 33.6. The maximum absolute atomic E-state index is 6.83. The van der Waals surface area contributed by atoms with E-state index in [4.69, 9.17) is 56.8 Å². The molecule has 0 amide bonds. The number of hydrogen-bond acceptors (Lipinski definition) is 15. The number of rotatable bonds is 6. The number of benzene rings is 3. The van der Waals surface area contributed by atoms with Crippen molar-refractivity contribution < 1.29 is 56.8 Å². The average Bonchev–Trinajstić information content (AvgIpc) is 3.85. The lowest BCUT2D eigenvalue weighted by Crippen LogP contribution is -2.32. The fourth-order valence-electron chi connectivity index (χ4n) is 7.75. The molecule has 0 aromatic heterocycles. The maximum atomic E-state index is 6.83. The van der Waals surface area contributed by atoms with Gasteiger partial charge in [0.1, 0.15) is 0 Å². The molecule has 0 atom stereocenters. The number of hydrogen-bond donors (Lipinski definition) is 0. The van der Waals surface area contributed by atoms with Crippen molar-refractivity contribution in [2.75, 3.05) is 18.8 Å². The van der Waals surface area contributed by atoms with Crippen molar-refractivity contribution in [1.82, 2.24) is 0 Å². The topological polar surface area (TPSA) is 111 Å². The highest BCUT2D eigenvalue weighted by molar-refractivity contribution is 7.99. The predicted molar refractivity (Wildman–Crippen MR) is 207 cm³/mol. The smallest absolute Gasteiger partial charge is 0.246 e. The molecule has 0 saturated carbocycles. The van der Waals surface area contributed by atoms with Crippen molar-refractivity contribution in [2.45, 2.75) is 132 Å². The third kappa shape index (κ3) is 5.49. The van der Waals surface area contributed by atoms with E-state index in [0.717, 1.165) is 14.7 Å². The minimum atomic E-state index is -1.07. The molecule has 6 heterocycles. The fourth-order valence-corrected chi connectivity index (χ4v) is 9.66. The van der Waals surface area contributed by atoms with Gasteiger partial charge < -0.3 is 56.8 Å². The molecule has 3 aromatic rings. The minimum Gasteiger partial charge on any atom is -0.449 e. The third-order valence-electron chi connectivity index (χ3n) is 9.37. The van der Waals surface area contributed by atoms with Gasteiger partial charge in [-0.05, 0) is 18.8 Å². The number of fused-ring (bicyclic) bond motifs is 6. The quantitative estimate of drug-likeness (QED) is 0.174. The highest BCUT2D eigenvalue weighted by Crippen LogP contribution is 2.71. The Balaban J connectivity index is 1.50. The summed E-state index contributed by atoms with van der Waals surface area (Å²) in [5.74, 6) is -0.389. The largest absolute Gasteiger partial charge is 0.449 e. The zero-order chi connectivity index (χ0) is 39.6. The van der Waals surface area contributed by atoms with Gasteiger partial charge in [-0.3, -0.25) is 0 Å². The highest BCUT2D eigenvalue weighted by Gasteiger charge is 2.56. The van der Waals surface area contributed by atoms with Crippen LogP contribution in [0, 0.1) is 5.92 Å². The van der Waals surface area contributed by atoms with Crippen LogP contribution >= 0.6 is 35.3 Å². The Morgan fingerprint density at radius 1 is 0.273 bits per heavy atom. The van der Waals surface area contributed by atoms with Crippen molar-refractivity contribution in [3.8, 4) is 69.0 Å². The molecule has 15 heteroatoms. The summed E-state index contributed by atoms with van der Waals surface area (Å²) in [6.07, 6.45) is 5.89. The molecule has 1 radical (unpaired) electrons. The molecule has 0 N–H and O–H groups in total. The molecule has 9 rings (SSSR count). The van der Waals surface area contributed by atoms with E-state index in [-0.39, 0.29) is 0 Å². The highest BCUT2D eigenvalue weighted by atomic mass is 32.2. The van der Waals surface area contributed by atoms with Crippen LogP contribution in [-0.4, -0.2) is 53.5 Å². The first-order chi connectivity index (χ1) is 25.5. The summed E-state index contributed by atoms with van der Waals surface area (Å²) in [5.41, 5.74) is 1.47. The number of ether oxygens (including phenoxy) is 12. The van der Waals surface area contributed by atoms with E-state index in [0.29, 0.717) is 91.6 Å². The third-order valence-corrected chi connectivity index (χ3v) is 11.7. The molecule has 55 heavy (non-hydrogen) atoms. The Hall–Kier alpha value is -3.69. The summed E-state index contributed by atoms with van der Waals surface area (Å²) in [5, 5.41) is 0. The Labute approximate surface area is 333 Å². The van der Waals surface area contributed by atoms with Gasteiger partial charge in [-0.2, -0.15) is 0 Å². The standard InChI is InChI=1S/C40H45O12S3/c1-35(2)41-20-17(21-27(48-36(3,4)42-21)32(53-13)26(20)47-35)16(18-22-28(49-37(5,6)43-22)33(54-14)29-23(18)44-38(7,8)50-29)19-24-30(51-39(9,10)45-24)34(55-15)31-25(19)46-40(11,12)52-31/h1-15H3. The van der Waals surface area contributed by atoms with Gasteiger partial charge in [-0.1, -0.05) is 0 Å². The van der Waals surface area contributed by atoms with Crippen molar-refractivity contribution in [3.63, 3.8) is 0 Å². The molecule has 0 unspecified atom stereocenters. The molecule has 6 aliphatic heterocycles. The van der Waals surface area contributed by atoms with Crippen LogP contribution in [0.15, 0.2) is 14.7 Å². The second-order valence-electron chi connectivity index (χ2n) is 16.7. The van der Waals surface area contributed by atoms with Crippen LogP contribution in [0.25, 0.3) is 0 Å². The van der Waals surface area contributed by atoms with Gasteiger partial charge in [0.25, 0.3) is 0 Å². The lowest BCUT2D eigenvalue weighted by Gasteiger charge is -2.28. The fraction of sp³-hybridized carbons (Fsp3) is 0.525. The summed E-state index contributed by atoms with van der Waals surface area (Å²) in [6.45, 7) is 22.3. The zero-order valence-corrected chi connectivity index (χ0v) is 36.1. The minimum absolute atomic E-state index is 0.421. The predicted octanol–water partition coefficient (Wildman–Crippen LogP) is 9.92. The molecule has 0 fully saturated rings. The van der Waals surface area contributed by atoms with Gasteiger partial charge in [-0.25, -0.2) is 0 Å². The molecule has 12 nitrogen and oxygen atoms in total. The van der Waals surface area contributed by atoms with E-state index in [1.54, 1.807) is 0 Å². The molecule has 295 valence electrons. The SMILES string of the molecule is CSc1c2c(c([C](c3c4c(c(SC)c5c3OC(C)(C)O5)OC(C)(C)O4)c3c4c(c(SC)c5c3OC(C)(C)O5)OC(C)(C)O4)c3c1OC(C)(C)O3)OC(C)(C)O2. The molecule has 0 bridgehead atoms. The molecule has 0 aliphatic carbocycles. The first-order valence-corrected chi connectivity index (χ1v) is 21.7. The molecular weight excluding hydrogens is 769 g/mol. The molecule has 0 saturated heterocycles. The maximum Gasteiger partial charge on any atom is 0.246 e. The molecular formula is C40H45O12S3. The van der Waals surface area contributed by atoms with Crippen molar-refractivity contribution in [3.05, 3.63) is 22.6 Å². The summed E-state index contributed by atoms with van der Waals surface area (Å²) in [4.78, 5) is 2.19. The van der Waals surface area contributed by atoms with Crippen LogP contribution in [0.1, 0.15) is 99.8 Å². The normalized spacial score (nSPS) is 21.8. The average molecular weight is 814 g/mol. The van der Waals surface area contributed by atoms with Crippen LogP contribution in [0.5, 0.6) is 69.0 Å². The van der Waals surface area contributed by atoms with E-state index in [9.17, 15) is 0 Å². The lowest BCUT2D eigenvalue weighted by atomic mass is 9.81. The van der Waals surface area contributed by atoms with Gasteiger partial charge in [0, 0.05) is 83.1 Å². The monoisotopic (exact) mass is 813 g/mol. The van der Waals surface area contributed by atoms with Gasteiger partial charge in [0.05, 0.1) is 37.3 Å². The second kappa shape index (κ2) is 11.2. The Kier molecular flexibility index (Phi) is 7.55. The van der Waals surface area contributed by atoms with Crippen molar-refractivity contribution in [1.29, 1.82) is 0 Å². The van der Waals surface area contributed by atoms with Gasteiger partial charge in [0.2, 0.25) is 34.7 Å². The Morgan fingerprint density at radius 3 is 0.564 bits per heavy atom. The van der Waals surface area contributed by atoms with E-state index in [2.05, 4.69) is 0 Å². The van der Waals surface area contributed by atoms with E-state index in [1.807, 2.05) is 102 Å². The first kappa shape index (κ1) is 36.9. The molecule has 0 spiro atoms. The van der Waals surface area contributed by atoms with Crippen LogP contribution in [0.3, 0.4) is 0 Å². The molecule has 3 aromatic carbocycles. The Morgan fingerprint density at radius 2 is 0.418 bits per heavy atom. The van der Waals surface area contributed by atoms with Crippen LogP contribution in [-0.2, 0) is 0 Å². The summed E-state index contributed by atoms with van der Waals surface area (Å²) in [6, 6.07) is 0. The van der Waals surface area contributed by atoms with E-state index in [1.165, 1.54) is 35.3 Å². The van der Waals surface area contributed by atoms with Crippen LogP contribution in [0.2, 0.25) is 0 Å². The molecule has 6 aliphatic rings. The first-order valence-electron chi connectivity index (χ1n) is 18.0. The van der Waals surface area contributed by atoms with Crippen molar-refractivity contribution in [2.24, 2.45) is 0 Å². The summed E-state index contributed by atoms with van der Waals surface area (Å²) >= 11 is 4.44. The van der Waals surface area contributed by atoms with Gasteiger partial charge in [-0.15, -0.1) is 35.3 Å². The number of thioether (sulfide) groups is 3. The Bertz CT molecular complexity index is 1840. The lowest BCUT2D eigenvalue weighted by molar-refractivity contribution is -0.0510. The summed E-state index contributed by atoms with van der Waals surface area (Å²) < 4.78 is 80.7. The van der Waals surface area contributed by atoms with Crippen LogP contribution in [0.4, 0.5) is 0 Å². The van der Waals surface area contributed by atoms with Crippen LogP contribution < -0.4 is 56.8 Å². The van der Waals surface area contributed by atoms with Gasteiger partial charge >= 0.3 is 0 Å². The summed E-state index contributed by atoms with van der Waals surface area (Å²) in [7, 11) is 0. The van der Waals surface area contributed by atoms with E-state index < -0.39 is 34.7 Å². The van der Waals surface area contributed by atoms with Gasteiger partial charge in [0.15, 0.2) is 69.0 Å². The van der Waals surface area contributed by atoms with E-state index >= 15 is 0 Å². The van der Waals surface area contributed by atoms with Crippen molar-refractivity contribution >= 4 is 35.3 Å².